The minimum absolute atomic E-state index is 0.234. The summed E-state index contributed by atoms with van der Waals surface area (Å²) in [5.74, 6) is 0.234. The Bertz CT molecular complexity index is 347. The van der Waals surface area contributed by atoms with E-state index in [4.69, 9.17) is 0 Å². The number of nitrogens with zero attached hydrogens (tertiary/aromatic N) is 2. The van der Waals surface area contributed by atoms with Crippen molar-refractivity contribution in [2.45, 2.75) is 19.3 Å². The standard InChI is InChI=1S/C13H19N3O/c17-13(16-9-1-2-10-16)11-15-8-5-12-3-6-14-7-4-12/h3-4,6-7,15H,1-2,5,8-11H2. The largest absolute Gasteiger partial charge is 0.342 e. The van der Waals surface area contributed by atoms with Gasteiger partial charge in [-0.1, -0.05) is 0 Å². The van der Waals surface area contributed by atoms with Gasteiger partial charge in [-0.25, -0.2) is 0 Å². The molecule has 0 radical (unpaired) electrons. The maximum absolute atomic E-state index is 11.7. The molecule has 4 nitrogen and oxygen atoms in total. The lowest BCUT2D eigenvalue weighted by Crippen LogP contribution is -2.36. The highest BCUT2D eigenvalue weighted by atomic mass is 16.2. The van der Waals surface area contributed by atoms with Crippen molar-refractivity contribution in [3.05, 3.63) is 30.1 Å². The minimum atomic E-state index is 0.234. The summed E-state index contributed by atoms with van der Waals surface area (Å²) in [7, 11) is 0. The predicted octanol–water partition coefficient (Wildman–Crippen LogP) is 0.836. The first kappa shape index (κ1) is 12.0. The quantitative estimate of drug-likeness (QED) is 0.766. The highest BCUT2D eigenvalue weighted by Crippen LogP contribution is 2.06. The van der Waals surface area contributed by atoms with Gasteiger partial charge in [-0.2, -0.15) is 0 Å². The second kappa shape index (κ2) is 6.35. The zero-order valence-corrected chi connectivity index (χ0v) is 10.1. The number of likely N-dealkylation sites (tertiary alicyclic amines) is 1. The predicted molar refractivity (Wildman–Crippen MR) is 66.6 cm³/mol. The maximum Gasteiger partial charge on any atom is 0.236 e. The summed E-state index contributed by atoms with van der Waals surface area (Å²) in [4.78, 5) is 17.6. The summed E-state index contributed by atoms with van der Waals surface area (Å²) < 4.78 is 0. The molecule has 17 heavy (non-hydrogen) atoms. The number of hydrogen-bond acceptors (Lipinski definition) is 3. The lowest BCUT2D eigenvalue weighted by atomic mass is 10.2. The van der Waals surface area contributed by atoms with E-state index in [-0.39, 0.29) is 5.91 Å². The van der Waals surface area contributed by atoms with Gasteiger partial charge in [0.2, 0.25) is 5.91 Å². The van der Waals surface area contributed by atoms with E-state index >= 15 is 0 Å². The molecule has 1 aromatic rings. The van der Waals surface area contributed by atoms with Gasteiger partial charge in [-0.05, 0) is 43.5 Å². The summed E-state index contributed by atoms with van der Waals surface area (Å²) >= 11 is 0. The smallest absolute Gasteiger partial charge is 0.236 e. The average Bonchev–Trinajstić information content (AvgIpc) is 2.89. The molecule has 1 N–H and O–H groups in total. The van der Waals surface area contributed by atoms with E-state index in [9.17, 15) is 4.79 Å². The van der Waals surface area contributed by atoms with Crippen LogP contribution in [0.2, 0.25) is 0 Å². The van der Waals surface area contributed by atoms with E-state index in [1.165, 1.54) is 5.56 Å². The molecular formula is C13H19N3O. The average molecular weight is 233 g/mol. The van der Waals surface area contributed by atoms with Crippen molar-refractivity contribution in [2.24, 2.45) is 0 Å². The van der Waals surface area contributed by atoms with Crippen LogP contribution in [0, 0.1) is 0 Å². The molecule has 1 amide bonds. The summed E-state index contributed by atoms with van der Waals surface area (Å²) in [6.07, 6.45) is 6.84. The molecule has 92 valence electrons. The van der Waals surface area contributed by atoms with Crippen molar-refractivity contribution in [1.82, 2.24) is 15.2 Å². The van der Waals surface area contributed by atoms with Crippen LogP contribution in [0.15, 0.2) is 24.5 Å². The van der Waals surface area contributed by atoms with Crippen molar-refractivity contribution in [2.75, 3.05) is 26.2 Å². The van der Waals surface area contributed by atoms with E-state index < -0.39 is 0 Å². The number of amides is 1. The molecule has 1 saturated heterocycles. The third kappa shape index (κ3) is 3.82. The van der Waals surface area contributed by atoms with Gasteiger partial charge in [0, 0.05) is 25.5 Å². The van der Waals surface area contributed by atoms with Crippen molar-refractivity contribution < 1.29 is 4.79 Å². The van der Waals surface area contributed by atoms with Crippen LogP contribution in [-0.2, 0) is 11.2 Å². The Morgan fingerprint density at radius 2 is 2.00 bits per heavy atom. The first-order valence-electron chi connectivity index (χ1n) is 6.23. The van der Waals surface area contributed by atoms with Gasteiger partial charge >= 0.3 is 0 Å². The molecule has 0 bridgehead atoms. The first-order valence-corrected chi connectivity index (χ1v) is 6.23. The highest BCUT2D eigenvalue weighted by Gasteiger charge is 2.16. The van der Waals surface area contributed by atoms with Crippen LogP contribution in [0.25, 0.3) is 0 Å². The molecule has 1 aromatic heterocycles. The lowest BCUT2D eigenvalue weighted by Gasteiger charge is -2.15. The molecule has 0 spiro atoms. The van der Waals surface area contributed by atoms with Crippen LogP contribution < -0.4 is 5.32 Å². The Kier molecular flexibility index (Phi) is 4.50. The van der Waals surface area contributed by atoms with Crippen LogP contribution in [0.5, 0.6) is 0 Å². The Hall–Kier alpha value is -1.42. The van der Waals surface area contributed by atoms with Crippen LogP contribution in [0.1, 0.15) is 18.4 Å². The van der Waals surface area contributed by atoms with Crippen molar-refractivity contribution in [3.8, 4) is 0 Å². The Balaban J connectivity index is 1.61. The van der Waals surface area contributed by atoms with Gasteiger partial charge in [0.1, 0.15) is 0 Å². The molecule has 1 fully saturated rings. The summed E-state index contributed by atoms with van der Waals surface area (Å²) in [5, 5.41) is 3.20. The summed E-state index contributed by atoms with van der Waals surface area (Å²) in [5.41, 5.74) is 1.25. The number of aromatic nitrogens is 1. The fraction of sp³-hybridized carbons (Fsp3) is 0.538. The van der Waals surface area contributed by atoms with Gasteiger partial charge in [0.15, 0.2) is 0 Å². The third-order valence-electron chi connectivity index (χ3n) is 3.07. The highest BCUT2D eigenvalue weighted by molar-refractivity contribution is 5.78. The minimum Gasteiger partial charge on any atom is -0.342 e. The topological polar surface area (TPSA) is 45.2 Å². The van der Waals surface area contributed by atoms with Crippen LogP contribution in [-0.4, -0.2) is 42.0 Å². The molecule has 0 atom stereocenters. The second-order valence-corrected chi connectivity index (χ2v) is 4.37. The van der Waals surface area contributed by atoms with Crippen LogP contribution in [0.3, 0.4) is 0 Å². The normalized spacial score (nSPS) is 15.2. The van der Waals surface area contributed by atoms with E-state index in [1.54, 1.807) is 12.4 Å². The first-order chi connectivity index (χ1) is 8.36. The molecule has 0 saturated carbocycles. The number of carbonyl (C=O) groups is 1. The fourth-order valence-corrected chi connectivity index (χ4v) is 2.06. The summed E-state index contributed by atoms with van der Waals surface area (Å²) in [6.45, 7) is 3.17. The zero-order chi connectivity index (χ0) is 11.9. The van der Waals surface area contributed by atoms with Gasteiger partial charge in [0.25, 0.3) is 0 Å². The van der Waals surface area contributed by atoms with E-state index in [1.807, 2.05) is 17.0 Å². The van der Waals surface area contributed by atoms with Crippen molar-refractivity contribution >= 4 is 5.91 Å². The zero-order valence-electron chi connectivity index (χ0n) is 10.1. The lowest BCUT2D eigenvalue weighted by molar-refractivity contribution is -0.129. The molecule has 0 aromatic carbocycles. The Labute approximate surface area is 102 Å². The Morgan fingerprint density at radius 1 is 1.29 bits per heavy atom. The molecule has 0 aliphatic carbocycles. The third-order valence-corrected chi connectivity index (χ3v) is 3.07. The SMILES string of the molecule is O=C(CNCCc1ccncc1)N1CCCC1. The van der Waals surface area contributed by atoms with Crippen LogP contribution in [0.4, 0.5) is 0 Å². The fourth-order valence-electron chi connectivity index (χ4n) is 2.06. The monoisotopic (exact) mass is 233 g/mol. The number of pyridine rings is 1. The molecule has 4 heteroatoms. The maximum atomic E-state index is 11.7. The number of carbonyl (C=O) groups excluding carboxylic acids is 1. The van der Waals surface area contributed by atoms with E-state index in [0.717, 1.165) is 38.9 Å². The number of hydrogen-bond donors (Lipinski definition) is 1. The van der Waals surface area contributed by atoms with Crippen molar-refractivity contribution in [1.29, 1.82) is 0 Å². The van der Waals surface area contributed by atoms with E-state index in [2.05, 4.69) is 10.3 Å². The van der Waals surface area contributed by atoms with E-state index in [0.29, 0.717) is 6.54 Å². The molecule has 2 heterocycles. The van der Waals surface area contributed by atoms with Gasteiger partial charge in [-0.3, -0.25) is 9.78 Å². The Morgan fingerprint density at radius 3 is 2.71 bits per heavy atom. The van der Waals surface area contributed by atoms with Gasteiger partial charge in [0.05, 0.1) is 6.54 Å². The molecule has 1 aliphatic heterocycles. The summed E-state index contributed by atoms with van der Waals surface area (Å²) in [6, 6.07) is 4.01. The molecule has 1 aliphatic rings. The van der Waals surface area contributed by atoms with Crippen molar-refractivity contribution in [3.63, 3.8) is 0 Å². The number of nitrogens with one attached hydrogen (secondary N) is 1. The van der Waals surface area contributed by atoms with Crippen LogP contribution >= 0.6 is 0 Å². The van der Waals surface area contributed by atoms with Gasteiger partial charge < -0.3 is 10.2 Å². The number of rotatable bonds is 5. The molecular weight excluding hydrogens is 214 g/mol. The van der Waals surface area contributed by atoms with Gasteiger partial charge in [-0.15, -0.1) is 0 Å². The molecule has 2 rings (SSSR count). The second-order valence-electron chi connectivity index (χ2n) is 4.37. The molecule has 0 unspecified atom stereocenters.